The molecule has 0 atom stereocenters. The molecule has 0 unspecified atom stereocenters. The van der Waals surface area contributed by atoms with Crippen LogP contribution in [0.25, 0.3) is 21.3 Å². The fourth-order valence-electron chi connectivity index (χ4n) is 2.52. The molecule has 0 fully saturated rings. The first-order valence-corrected chi connectivity index (χ1v) is 7.84. The van der Waals surface area contributed by atoms with Crippen molar-refractivity contribution >= 4 is 49.9 Å². The van der Waals surface area contributed by atoms with Crippen LogP contribution in [0.2, 0.25) is 0 Å². The molecule has 1 aromatic carbocycles. The van der Waals surface area contributed by atoms with E-state index in [2.05, 4.69) is 20.3 Å². The number of carbonyl (C=O) groups is 1. The Morgan fingerprint density at radius 1 is 1.35 bits per heavy atom. The molecule has 7 heteroatoms. The van der Waals surface area contributed by atoms with Crippen LogP contribution >= 0.6 is 11.3 Å². The molecule has 0 spiro atoms. The number of imidazole rings is 1. The van der Waals surface area contributed by atoms with Crippen LogP contribution in [0.4, 0.5) is 11.4 Å². The Labute approximate surface area is 135 Å². The van der Waals surface area contributed by atoms with Crippen molar-refractivity contribution in [3.63, 3.8) is 0 Å². The molecule has 0 aliphatic carbocycles. The summed E-state index contributed by atoms with van der Waals surface area (Å²) in [6.07, 6.45) is 1.69. The Morgan fingerprint density at radius 2 is 2.22 bits per heavy atom. The minimum atomic E-state index is -0.235. The second kappa shape index (κ2) is 5.06. The average molecular weight is 323 g/mol. The minimum Gasteiger partial charge on any atom is -0.397 e. The fraction of sp³-hybridized carbons (Fsp3) is 0.0625. The molecule has 6 nitrogen and oxygen atoms in total. The lowest BCUT2D eigenvalue weighted by Crippen LogP contribution is -2.11. The molecular weight excluding hydrogens is 310 g/mol. The Hall–Kier alpha value is -2.93. The molecule has 0 aliphatic rings. The smallest absolute Gasteiger partial charge is 0.267 e. The number of nitrogens with zero attached hydrogens (tertiary/aromatic N) is 2. The highest BCUT2D eigenvalue weighted by Gasteiger charge is 2.17. The number of pyridine rings is 1. The van der Waals surface area contributed by atoms with E-state index in [0.717, 1.165) is 27.1 Å². The number of aromatic nitrogens is 3. The van der Waals surface area contributed by atoms with Crippen molar-refractivity contribution in [3.05, 3.63) is 47.2 Å². The second-order valence-corrected chi connectivity index (χ2v) is 6.21. The number of nitrogen functional groups attached to an aromatic ring is 1. The van der Waals surface area contributed by atoms with Gasteiger partial charge in [-0.3, -0.25) is 4.79 Å². The number of aryl methyl sites for hydroxylation is 1. The van der Waals surface area contributed by atoms with Gasteiger partial charge in [0.15, 0.2) is 0 Å². The van der Waals surface area contributed by atoms with Gasteiger partial charge in [-0.25, -0.2) is 9.97 Å². The Bertz CT molecular complexity index is 1050. The van der Waals surface area contributed by atoms with Crippen LogP contribution in [0.5, 0.6) is 0 Å². The van der Waals surface area contributed by atoms with E-state index in [4.69, 9.17) is 5.73 Å². The van der Waals surface area contributed by atoms with Crippen molar-refractivity contribution in [2.45, 2.75) is 6.92 Å². The fourth-order valence-corrected chi connectivity index (χ4v) is 3.48. The van der Waals surface area contributed by atoms with Crippen LogP contribution in [0, 0.1) is 6.92 Å². The molecule has 0 saturated heterocycles. The van der Waals surface area contributed by atoms with Crippen LogP contribution in [-0.2, 0) is 0 Å². The molecule has 4 rings (SSSR count). The van der Waals surface area contributed by atoms with Crippen LogP contribution < -0.4 is 11.1 Å². The maximum atomic E-state index is 12.5. The van der Waals surface area contributed by atoms with Crippen molar-refractivity contribution in [2.24, 2.45) is 0 Å². The summed E-state index contributed by atoms with van der Waals surface area (Å²) < 4.78 is 0. The number of benzene rings is 1. The van der Waals surface area contributed by atoms with E-state index in [9.17, 15) is 4.79 Å². The van der Waals surface area contributed by atoms with Gasteiger partial charge in [-0.2, -0.15) is 0 Å². The monoisotopic (exact) mass is 323 g/mol. The maximum absolute atomic E-state index is 12.5. The first-order chi connectivity index (χ1) is 11.1. The highest BCUT2D eigenvalue weighted by Crippen LogP contribution is 2.32. The van der Waals surface area contributed by atoms with Crippen molar-refractivity contribution < 1.29 is 4.79 Å². The van der Waals surface area contributed by atoms with Crippen LogP contribution in [0.1, 0.15) is 15.5 Å². The number of amides is 1. The number of anilines is 2. The SMILES string of the molecule is Cc1nc2ccc(NC(=O)c3sc4ncccc4c3N)cc2[nH]1. The van der Waals surface area contributed by atoms with Crippen LogP contribution in [0.15, 0.2) is 36.5 Å². The minimum absolute atomic E-state index is 0.235. The number of fused-ring (bicyclic) bond motifs is 2. The first-order valence-electron chi connectivity index (χ1n) is 7.02. The molecule has 3 heterocycles. The van der Waals surface area contributed by atoms with Gasteiger partial charge in [-0.1, -0.05) is 0 Å². The first kappa shape index (κ1) is 13.7. The number of aromatic amines is 1. The predicted molar refractivity (Wildman–Crippen MR) is 92.8 cm³/mol. The van der Waals surface area contributed by atoms with Gasteiger partial charge in [0, 0.05) is 17.3 Å². The highest BCUT2D eigenvalue weighted by molar-refractivity contribution is 7.21. The lowest BCUT2D eigenvalue weighted by atomic mass is 10.2. The summed E-state index contributed by atoms with van der Waals surface area (Å²) in [5.41, 5.74) is 8.99. The molecule has 0 radical (unpaired) electrons. The number of nitrogens with two attached hydrogens (primary N) is 1. The van der Waals surface area contributed by atoms with Gasteiger partial charge >= 0.3 is 0 Å². The third kappa shape index (κ3) is 2.31. The van der Waals surface area contributed by atoms with E-state index in [1.165, 1.54) is 11.3 Å². The summed E-state index contributed by atoms with van der Waals surface area (Å²) >= 11 is 1.29. The van der Waals surface area contributed by atoms with Gasteiger partial charge in [-0.05, 0) is 37.3 Å². The number of thiophene rings is 1. The second-order valence-electron chi connectivity index (χ2n) is 5.21. The summed E-state index contributed by atoms with van der Waals surface area (Å²) in [7, 11) is 0. The zero-order valence-electron chi connectivity index (χ0n) is 12.3. The largest absolute Gasteiger partial charge is 0.397 e. The van der Waals surface area contributed by atoms with Crippen molar-refractivity contribution in [3.8, 4) is 0 Å². The van der Waals surface area contributed by atoms with E-state index in [-0.39, 0.29) is 5.91 Å². The summed E-state index contributed by atoms with van der Waals surface area (Å²) in [5, 5.41) is 3.69. The van der Waals surface area contributed by atoms with Gasteiger partial charge in [0.25, 0.3) is 5.91 Å². The van der Waals surface area contributed by atoms with E-state index < -0.39 is 0 Å². The number of H-pyrrole nitrogens is 1. The van der Waals surface area contributed by atoms with Gasteiger partial charge in [0.05, 0.1) is 16.7 Å². The number of nitrogens with one attached hydrogen (secondary N) is 2. The van der Waals surface area contributed by atoms with E-state index >= 15 is 0 Å². The predicted octanol–water partition coefficient (Wildman–Crippen LogP) is 3.32. The van der Waals surface area contributed by atoms with Gasteiger partial charge in [-0.15, -0.1) is 11.3 Å². The summed E-state index contributed by atoms with van der Waals surface area (Å²) in [4.78, 5) is 25.5. The quantitative estimate of drug-likeness (QED) is 0.527. The molecule has 4 aromatic rings. The van der Waals surface area contributed by atoms with Crippen LogP contribution in [-0.4, -0.2) is 20.9 Å². The molecule has 3 aromatic heterocycles. The molecule has 23 heavy (non-hydrogen) atoms. The number of hydrogen-bond acceptors (Lipinski definition) is 5. The third-order valence-corrected chi connectivity index (χ3v) is 4.70. The molecule has 0 saturated carbocycles. The Balaban J connectivity index is 1.68. The van der Waals surface area contributed by atoms with Crippen LogP contribution in [0.3, 0.4) is 0 Å². The maximum Gasteiger partial charge on any atom is 0.267 e. The lowest BCUT2D eigenvalue weighted by molar-refractivity contribution is 0.103. The average Bonchev–Trinajstić information content (AvgIpc) is 3.07. The number of carbonyl (C=O) groups excluding carboxylic acids is 1. The Kier molecular flexibility index (Phi) is 3.02. The van der Waals surface area contributed by atoms with Gasteiger partial charge in [0.2, 0.25) is 0 Å². The molecule has 0 aliphatic heterocycles. The molecule has 0 bridgehead atoms. The highest BCUT2D eigenvalue weighted by atomic mass is 32.1. The normalized spacial score (nSPS) is 11.2. The standard InChI is InChI=1S/C16H13N5OS/c1-8-19-11-5-4-9(7-12(11)20-8)21-15(22)14-13(17)10-3-2-6-18-16(10)23-14/h2-7H,17H2,1H3,(H,19,20)(H,21,22). The van der Waals surface area contributed by atoms with E-state index in [1.807, 2.05) is 37.3 Å². The zero-order valence-corrected chi connectivity index (χ0v) is 13.1. The number of rotatable bonds is 2. The van der Waals surface area contributed by atoms with Crippen molar-refractivity contribution in [1.82, 2.24) is 15.0 Å². The third-order valence-electron chi connectivity index (χ3n) is 3.57. The zero-order chi connectivity index (χ0) is 16.0. The molecule has 1 amide bonds. The van der Waals surface area contributed by atoms with Crippen molar-refractivity contribution in [1.29, 1.82) is 0 Å². The Morgan fingerprint density at radius 3 is 3.04 bits per heavy atom. The lowest BCUT2D eigenvalue weighted by Gasteiger charge is -2.04. The van der Waals surface area contributed by atoms with Crippen molar-refractivity contribution in [2.75, 3.05) is 11.1 Å². The summed E-state index contributed by atoms with van der Waals surface area (Å²) in [6.45, 7) is 1.89. The molecule has 4 N–H and O–H groups in total. The topological polar surface area (TPSA) is 96.7 Å². The summed E-state index contributed by atoms with van der Waals surface area (Å²) in [6, 6.07) is 9.22. The van der Waals surface area contributed by atoms with E-state index in [1.54, 1.807) is 6.20 Å². The van der Waals surface area contributed by atoms with Gasteiger partial charge in [0.1, 0.15) is 15.5 Å². The number of hydrogen-bond donors (Lipinski definition) is 3. The molecular formula is C16H13N5OS. The van der Waals surface area contributed by atoms with Gasteiger partial charge < -0.3 is 16.0 Å². The summed E-state index contributed by atoms with van der Waals surface area (Å²) in [5.74, 6) is 0.601. The van der Waals surface area contributed by atoms with E-state index in [0.29, 0.717) is 16.3 Å². The molecule has 114 valence electrons.